The van der Waals surface area contributed by atoms with E-state index in [1.165, 1.54) is 7.11 Å². The second kappa shape index (κ2) is 6.94. The van der Waals surface area contributed by atoms with Crippen molar-refractivity contribution in [2.24, 2.45) is 0 Å². The van der Waals surface area contributed by atoms with E-state index in [2.05, 4.69) is 11.7 Å². The maximum Gasteiger partial charge on any atom is 0.309 e. The van der Waals surface area contributed by atoms with Gasteiger partial charge in [-0.1, -0.05) is 25.5 Å². The molecule has 3 heteroatoms. The molecule has 0 atom stereocenters. The normalized spacial score (nSPS) is 10.1. The van der Waals surface area contributed by atoms with Gasteiger partial charge in [-0.25, -0.2) is 0 Å². The Bertz CT molecular complexity index is 372. The number of hydrogen-bond acceptors (Lipinski definition) is 3. The molecule has 17 heavy (non-hydrogen) atoms. The molecule has 0 unspecified atom stereocenters. The zero-order chi connectivity index (χ0) is 12.7. The number of unbranched alkanes of at least 4 members (excludes halogenated alkanes) is 1. The summed E-state index contributed by atoms with van der Waals surface area (Å²) >= 11 is 0. The van der Waals surface area contributed by atoms with Gasteiger partial charge in [-0.05, 0) is 30.0 Å². The number of methoxy groups -OCH3 is 2. The van der Waals surface area contributed by atoms with E-state index in [4.69, 9.17) is 4.74 Å². The molecule has 0 radical (unpaired) electrons. The third-order valence-corrected chi connectivity index (χ3v) is 2.72. The Morgan fingerprint density at radius 3 is 2.65 bits per heavy atom. The van der Waals surface area contributed by atoms with Crippen LogP contribution in [0, 0.1) is 0 Å². The van der Waals surface area contributed by atoms with Crippen LogP contribution in [0.2, 0.25) is 0 Å². The predicted octanol–water partition coefficient (Wildman–Crippen LogP) is 2.75. The van der Waals surface area contributed by atoms with Crippen LogP contribution in [-0.4, -0.2) is 20.2 Å². The molecule has 0 bridgehead atoms. The fourth-order valence-corrected chi connectivity index (χ4v) is 1.74. The van der Waals surface area contributed by atoms with E-state index in [0.29, 0.717) is 6.42 Å². The van der Waals surface area contributed by atoms with Crippen molar-refractivity contribution >= 4 is 5.97 Å². The molecule has 0 fully saturated rings. The van der Waals surface area contributed by atoms with Crippen LogP contribution in [0.3, 0.4) is 0 Å². The highest BCUT2D eigenvalue weighted by Gasteiger charge is 2.07. The molecule has 1 rings (SSSR count). The molecular formula is C14H20O3. The van der Waals surface area contributed by atoms with Crippen molar-refractivity contribution in [1.29, 1.82) is 0 Å². The van der Waals surface area contributed by atoms with Gasteiger partial charge >= 0.3 is 5.97 Å². The number of carbonyl (C=O) groups is 1. The summed E-state index contributed by atoms with van der Waals surface area (Å²) in [5.41, 5.74) is 2.14. The topological polar surface area (TPSA) is 35.5 Å². The summed E-state index contributed by atoms with van der Waals surface area (Å²) in [6.45, 7) is 2.16. The minimum Gasteiger partial charge on any atom is -0.496 e. The summed E-state index contributed by atoms with van der Waals surface area (Å²) in [6, 6.07) is 5.86. The first kappa shape index (κ1) is 13.6. The van der Waals surface area contributed by atoms with Crippen molar-refractivity contribution in [2.75, 3.05) is 14.2 Å². The molecule has 0 saturated carbocycles. The average Bonchev–Trinajstić information content (AvgIpc) is 2.36. The molecule has 0 saturated heterocycles. The van der Waals surface area contributed by atoms with Gasteiger partial charge in [-0.2, -0.15) is 0 Å². The van der Waals surface area contributed by atoms with Crippen LogP contribution in [0.5, 0.6) is 5.75 Å². The molecule has 0 spiro atoms. The largest absolute Gasteiger partial charge is 0.496 e. The van der Waals surface area contributed by atoms with Gasteiger partial charge in [0.2, 0.25) is 0 Å². The van der Waals surface area contributed by atoms with E-state index in [9.17, 15) is 4.79 Å². The van der Waals surface area contributed by atoms with Crippen molar-refractivity contribution in [2.45, 2.75) is 32.6 Å². The summed E-state index contributed by atoms with van der Waals surface area (Å²) in [6.07, 6.45) is 3.57. The van der Waals surface area contributed by atoms with Crippen molar-refractivity contribution in [3.63, 3.8) is 0 Å². The molecule has 0 aromatic heterocycles. The maximum atomic E-state index is 11.2. The highest BCUT2D eigenvalue weighted by molar-refractivity contribution is 5.72. The van der Waals surface area contributed by atoms with Crippen molar-refractivity contribution in [3.05, 3.63) is 29.3 Å². The monoisotopic (exact) mass is 236 g/mol. The Balaban J connectivity index is 2.83. The van der Waals surface area contributed by atoms with Gasteiger partial charge in [-0.15, -0.1) is 0 Å². The fourth-order valence-electron chi connectivity index (χ4n) is 1.74. The maximum absolute atomic E-state index is 11.2. The molecular weight excluding hydrogens is 216 g/mol. The first-order valence-electron chi connectivity index (χ1n) is 5.93. The molecule has 0 aliphatic heterocycles. The van der Waals surface area contributed by atoms with Gasteiger partial charge in [0.05, 0.1) is 20.6 Å². The van der Waals surface area contributed by atoms with Gasteiger partial charge in [0.25, 0.3) is 0 Å². The van der Waals surface area contributed by atoms with Gasteiger partial charge in [0.1, 0.15) is 5.75 Å². The summed E-state index contributed by atoms with van der Waals surface area (Å²) in [4.78, 5) is 11.2. The van der Waals surface area contributed by atoms with Gasteiger partial charge in [0.15, 0.2) is 0 Å². The summed E-state index contributed by atoms with van der Waals surface area (Å²) < 4.78 is 9.97. The van der Waals surface area contributed by atoms with E-state index in [-0.39, 0.29) is 5.97 Å². The quantitative estimate of drug-likeness (QED) is 0.712. The molecule has 1 aromatic rings. The second-order valence-electron chi connectivity index (χ2n) is 4.00. The minimum atomic E-state index is -0.211. The number of rotatable bonds is 6. The molecule has 0 amide bonds. The lowest BCUT2D eigenvalue weighted by molar-refractivity contribution is -0.139. The van der Waals surface area contributed by atoms with Gasteiger partial charge in [0, 0.05) is 0 Å². The Kier molecular flexibility index (Phi) is 5.53. The van der Waals surface area contributed by atoms with E-state index < -0.39 is 0 Å². The second-order valence-corrected chi connectivity index (χ2v) is 4.00. The SMILES string of the molecule is CCCCc1cc(CC(=O)OC)ccc1OC. The van der Waals surface area contributed by atoms with E-state index in [1.54, 1.807) is 7.11 Å². The van der Waals surface area contributed by atoms with Crippen molar-refractivity contribution in [3.8, 4) is 5.75 Å². The molecule has 0 aliphatic rings. The smallest absolute Gasteiger partial charge is 0.309 e. The van der Waals surface area contributed by atoms with Crippen molar-refractivity contribution < 1.29 is 14.3 Å². The predicted molar refractivity (Wildman–Crippen MR) is 67.3 cm³/mol. The zero-order valence-corrected chi connectivity index (χ0v) is 10.8. The minimum absolute atomic E-state index is 0.211. The van der Waals surface area contributed by atoms with Crippen LogP contribution in [0.15, 0.2) is 18.2 Å². The lowest BCUT2D eigenvalue weighted by Crippen LogP contribution is -2.05. The molecule has 0 N–H and O–H groups in total. The van der Waals surface area contributed by atoms with Crippen molar-refractivity contribution in [1.82, 2.24) is 0 Å². The molecule has 0 heterocycles. The zero-order valence-electron chi connectivity index (χ0n) is 10.8. The van der Waals surface area contributed by atoms with Gasteiger partial charge in [-0.3, -0.25) is 4.79 Å². The summed E-state index contributed by atoms with van der Waals surface area (Å²) in [7, 11) is 3.08. The standard InChI is InChI=1S/C14H20O3/c1-4-5-6-12-9-11(10-14(15)17-3)7-8-13(12)16-2/h7-9H,4-6,10H2,1-3H3. The van der Waals surface area contributed by atoms with Crippen LogP contribution in [0.4, 0.5) is 0 Å². The number of ether oxygens (including phenoxy) is 2. The molecule has 0 aliphatic carbocycles. The number of esters is 1. The first-order chi connectivity index (χ1) is 8.21. The van der Waals surface area contributed by atoms with Crippen LogP contribution in [-0.2, 0) is 22.4 Å². The third-order valence-electron chi connectivity index (χ3n) is 2.72. The Morgan fingerprint density at radius 2 is 2.06 bits per heavy atom. The Hall–Kier alpha value is -1.51. The van der Waals surface area contributed by atoms with Gasteiger partial charge < -0.3 is 9.47 Å². The lowest BCUT2D eigenvalue weighted by atomic mass is 10.0. The molecule has 3 nitrogen and oxygen atoms in total. The first-order valence-corrected chi connectivity index (χ1v) is 5.93. The highest BCUT2D eigenvalue weighted by atomic mass is 16.5. The summed E-state index contributed by atoms with van der Waals surface area (Å²) in [5.74, 6) is 0.684. The average molecular weight is 236 g/mol. The van der Waals surface area contributed by atoms with Crippen LogP contribution >= 0.6 is 0 Å². The highest BCUT2D eigenvalue weighted by Crippen LogP contribution is 2.22. The molecule has 1 aromatic carbocycles. The third kappa shape index (κ3) is 4.10. The Morgan fingerprint density at radius 1 is 1.29 bits per heavy atom. The van der Waals surface area contributed by atoms with E-state index >= 15 is 0 Å². The van der Waals surface area contributed by atoms with E-state index in [0.717, 1.165) is 36.1 Å². The Labute approximate surface area is 103 Å². The van der Waals surface area contributed by atoms with Crippen LogP contribution < -0.4 is 4.74 Å². The lowest BCUT2D eigenvalue weighted by Gasteiger charge is -2.10. The summed E-state index contributed by atoms with van der Waals surface area (Å²) in [5, 5.41) is 0. The number of hydrogen-bond donors (Lipinski definition) is 0. The number of benzene rings is 1. The van der Waals surface area contributed by atoms with E-state index in [1.807, 2.05) is 18.2 Å². The molecule has 94 valence electrons. The van der Waals surface area contributed by atoms with Crippen LogP contribution in [0.1, 0.15) is 30.9 Å². The van der Waals surface area contributed by atoms with Crippen LogP contribution in [0.25, 0.3) is 0 Å². The number of carbonyl (C=O) groups excluding carboxylic acids is 1. The fraction of sp³-hybridized carbons (Fsp3) is 0.500. The number of aryl methyl sites for hydroxylation is 1.